The molecule has 0 aliphatic carbocycles. The molecule has 0 spiro atoms. The molecule has 2 rings (SSSR count). The van der Waals surface area contributed by atoms with Gasteiger partial charge in [-0.1, -0.05) is 18.2 Å². The molecule has 1 aliphatic rings. The summed E-state index contributed by atoms with van der Waals surface area (Å²) in [6, 6.07) is 8.06. The van der Waals surface area contributed by atoms with Crippen molar-refractivity contribution >= 4 is 22.4 Å². The molecule has 1 aliphatic heterocycles. The van der Waals surface area contributed by atoms with Crippen molar-refractivity contribution in [3.05, 3.63) is 29.8 Å². The maximum Gasteiger partial charge on any atom is 0.220 e. The molecule has 0 saturated heterocycles. The van der Waals surface area contributed by atoms with Gasteiger partial charge in [0.2, 0.25) is 5.91 Å². The van der Waals surface area contributed by atoms with Crippen molar-refractivity contribution in [1.82, 2.24) is 5.32 Å². The van der Waals surface area contributed by atoms with E-state index in [-0.39, 0.29) is 17.9 Å². The Kier molecular flexibility index (Phi) is 4.58. The van der Waals surface area contributed by atoms with Crippen LogP contribution < -0.4 is 10.6 Å². The van der Waals surface area contributed by atoms with E-state index in [0.717, 1.165) is 12.2 Å². The number of carbonyl (C=O) groups is 1. The minimum Gasteiger partial charge on any atom is -0.384 e. The average Bonchev–Trinajstić information content (AvgIpc) is 2.71. The van der Waals surface area contributed by atoms with E-state index in [9.17, 15) is 9.00 Å². The number of hydrogen-bond donors (Lipinski definition) is 2. The maximum atomic E-state index is 12.0. The van der Waals surface area contributed by atoms with Crippen molar-refractivity contribution in [1.29, 1.82) is 0 Å². The molecule has 1 heterocycles. The molecule has 3 atom stereocenters. The van der Waals surface area contributed by atoms with Gasteiger partial charge < -0.3 is 10.6 Å². The number of para-hydroxylation sites is 1. The molecule has 0 saturated carbocycles. The number of carbonyl (C=O) groups excluding carboxylic acids is 1. The Hall–Kier alpha value is -1.36. The first-order chi connectivity index (χ1) is 9.06. The molecule has 0 aromatic heterocycles. The first-order valence-electron chi connectivity index (χ1n) is 6.48. The van der Waals surface area contributed by atoms with Gasteiger partial charge in [-0.25, -0.2) is 0 Å². The normalized spacial score (nSPS) is 20.2. The quantitative estimate of drug-likeness (QED) is 0.858. The summed E-state index contributed by atoms with van der Waals surface area (Å²) in [6.45, 7) is 2.70. The lowest BCUT2D eigenvalue weighted by molar-refractivity contribution is -0.121. The summed E-state index contributed by atoms with van der Waals surface area (Å²) in [5.74, 6) is 0.766. The fraction of sp³-hybridized carbons (Fsp3) is 0.500. The Morgan fingerprint density at radius 3 is 3.00 bits per heavy atom. The third-order valence-corrected chi connectivity index (χ3v) is 4.23. The lowest BCUT2D eigenvalue weighted by atomic mass is 9.97. The van der Waals surface area contributed by atoms with Crippen LogP contribution in [0.5, 0.6) is 0 Å². The number of benzene rings is 1. The number of amides is 1. The summed E-state index contributed by atoms with van der Waals surface area (Å²) in [6.07, 6.45) is 2.13. The van der Waals surface area contributed by atoms with E-state index in [1.807, 2.05) is 25.1 Å². The van der Waals surface area contributed by atoms with Crippen molar-refractivity contribution in [3.63, 3.8) is 0 Å². The van der Waals surface area contributed by atoms with E-state index in [1.54, 1.807) is 6.26 Å². The third-order valence-electron chi connectivity index (χ3n) is 3.26. The highest BCUT2D eigenvalue weighted by Gasteiger charge is 2.24. The van der Waals surface area contributed by atoms with Crippen LogP contribution in [0.15, 0.2) is 24.3 Å². The monoisotopic (exact) mass is 280 g/mol. The molecule has 1 amide bonds. The average molecular weight is 280 g/mol. The lowest BCUT2D eigenvalue weighted by Gasteiger charge is -2.15. The summed E-state index contributed by atoms with van der Waals surface area (Å²) in [7, 11) is -0.879. The largest absolute Gasteiger partial charge is 0.384 e. The van der Waals surface area contributed by atoms with Crippen molar-refractivity contribution in [2.45, 2.75) is 25.3 Å². The summed E-state index contributed by atoms with van der Waals surface area (Å²) >= 11 is 0. The molecular formula is C14H20N2O2S. The summed E-state index contributed by atoms with van der Waals surface area (Å²) in [4.78, 5) is 12.0. The van der Waals surface area contributed by atoms with Crippen LogP contribution in [0.4, 0.5) is 5.69 Å². The standard InChI is InChI=1S/C14H20N2O2S/c1-10(9-19(2)18)16-14(17)7-11-8-15-13-6-4-3-5-12(11)13/h3-6,10-11,15H,7-9H2,1-2H3,(H,16,17). The van der Waals surface area contributed by atoms with Gasteiger partial charge >= 0.3 is 0 Å². The summed E-state index contributed by atoms with van der Waals surface area (Å²) in [5.41, 5.74) is 2.34. The van der Waals surface area contributed by atoms with Gasteiger partial charge in [-0.05, 0) is 18.6 Å². The van der Waals surface area contributed by atoms with Crippen molar-refractivity contribution in [2.24, 2.45) is 0 Å². The van der Waals surface area contributed by atoms with Gasteiger partial charge in [-0.2, -0.15) is 0 Å². The maximum absolute atomic E-state index is 12.0. The number of hydrogen-bond acceptors (Lipinski definition) is 3. The second-order valence-corrected chi connectivity index (χ2v) is 6.56. The molecule has 4 nitrogen and oxygen atoms in total. The smallest absolute Gasteiger partial charge is 0.220 e. The predicted octanol–water partition coefficient (Wildman–Crippen LogP) is 1.47. The third kappa shape index (κ3) is 3.80. The van der Waals surface area contributed by atoms with Gasteiger partial charge in [-0.15, -0.1) is 0 Å². The zero-order chi connectivity index (χ0) is 13.8. The Balaban J connectivity index is 1.89. The summed E-state index contributed by atoms with van der Waals surface area (Å²) in [5, 5.41) is 6.22. The van der Waals surface area contributed by atoms with E-state index < -0.39 is 10.8 Å². The van der Waals surface area contributed by atoms with Gasteiger partial charge in [0, 0.05) is 53.4 Å². The van der Waals surface area contributed by atoms with Crippen molar-refractivity contribution < 1.29 is 9.00 Å². The number of anilines is 1. The lowest BCUT2D eigenvalue weighted by Crippen LogP contribution is -2.37. The van der Waals surface area contributed by atoms with Crippen LogP contribution in [0.2, 0.25) is 0 Å². The molecule has 0 bridgehead atoms. The second kappa shape index (κ2) is 6.19. The minimum atomic E-state index is -0.879. The van der Waals surface area contributed by atoms with E-state index in [0.29, 0.717) is 12.2 Å². The van der Waals surface area contributed by atoms with E-state index in [4.69, 9.17) is 0 Å². The number of nitrogens with one attached hydrogen (secondary N) is 2. The van der Waals surface area contributed by atoms with E-state index in [1.165, 1.54) is 5.56 Å². The molecule has 1 aromatic rings. The highest BCUT2D eigenvalue weighted by atomic mass is 32.2. The highest BCUT2D eigenvalue weighted by Crippen LogP contribution is 2.32. The zero-order valence-electron chi connectivity index (χ0n) is 11.3. The molecular weight excluding hydrogens is 260 g/mol. The van der Waals surface area contributed by atoms with E-state index >= 15 is 0 Å². The van der Waals surface area contributed by atoms with E-state index in [2.05, 4.69) is 16.7 Å². The molecule has 104 valence electrons. The van der Waals surface area contributed by atoms with Gasteiger partial charge in [0.05, 0.1) is 0 Å². The van der Waals surface area contributed by atoms with Crippen LogP contribution in [-0.2, 0) is 15.6 Å². The van der Waals surface area contributed by atoms with Crippen LogP contribution in [0.1, 0.15) is 24.8 Å². The Morgan fingerprint density at radius 1 is 1.53 bits per heavy atom. The molecule has 0 radical (unpaired) electrons. The predicted molar refractivity (Wildman–Crippen MR) is 78.8 cm³/mol. The van der Waals surface area contributed by atoms with Gasteiger partial charge in [0.25, 0.3) is 0 Å². The molecule has 3 unspecified atom stereocenters. The fourth-order valence-electron chi connectivity index (χ4n) is 2.49. The first-order valence-corrected chi connectivity index (χ1v) is 8.21. The second-order valence-electron chi connectivity index (χ2n) is 5.08. The van der Waals surface area contributed by atoms with Crippen LogP contribution >= 0.6 is 0 Å². The van der Waals surface area contributed by atoms with Gasteiger partial charge in [0.15, 0.2) is 0 Å². The topological polar surface area (TPSA) is 58.2 Å². The van der Waals surface area contributed by atoms with Crippen LogP contribution in [0.25, 0.3) is 0 Å². The summed E-state index contributed by atoms with van der Waals surface area (Å²) < 4.78 is 11.1. The van der Waals surface area contributed by atoms with Crippen molar-refractivity contribution in [3.8, 4) is 0 Å². The van der Waals surface area contributed by atoms with Crippen LogP contribution in [-0.4, -0.2) is 34.7 Å². The van der Waals surface area contributed by atoms with Gasteiger partial charge in [-0.3, -0.25) is 9.00 Å². The van der Waals surface area contributed by atoms with Crippen molar-refractivity contribution in [2.75, 3.05) is 23.9 Å². The number of fused-ring (bicyclic) bond motifs is 1. The minimum absolute atomic E-state index is 0.0291. The molecule has 1 aromatic carbocycles. The Labute approximate surface area is 116 Å². The first kappa shape index (κ1) is 14.1. The number of rotatable bonds is 5. The van der Waals surface area contributed by atoms with Crippen LogP contribution in [0.3, 0.4) is 0 Å². The Morgan fingerprint density at radius 2 is 2.26 bits per heavy atom. The fourth-order valence-corrected chi connectivity index (χ4v) is 3.28. The Bertz CT molecular complexity index is 490. The molecule has 19 heavy (non-hydrogen) atoms. The highest BCUT2D eigenvalue weighted by molar-refractivity contribution is 7.84. The van der Waals surface area contributed by atoms with Crippen LogP contribution in [0, 0.1) is 0 Å². The molecule has 5 heteroatoms. The zero-order valence-corrected chi connectivity index (χ0v) is 12.1. The molecule has 0 fully saturated rings. The SMILES string of the molecule is CC(CS(C)=O)NC(=O)CC1CNc2ccccc21. The van der Waals surface area contributed by atoms with Gasteiger partial charge in [0.1, 0.15) is 0 Å². The molecule has 2 N–H and O–H groups in total.